The van der Waals surface area contributed by atoms with Crippen molar-refractivity contribution in [2.75, 3.05) is 0 Å². The maximum atomic E-state index is 12.7. The van der Waals surface area contributed by atoms with Gasteiger partial charge in [-0.25, -0.2) is 0 Å². The lowest BCUT2D eigenvalue weighted by Gasteiger charge is -2.23. The first kappa shape index (κ1) is 15.3. The summed E-state index contributed by atoms with van der Waals surface area (Å²) in [7, 11) is 0. The van der Waals surface area contributed by atoms with Gasteiger partial charge in [0.05, 0.1) is 12.0 Å². The van der Waals surface area contributed by atoms with E-state index in [4.69, 9.17) is 4.74 Å². The lowest BCUT2D eigenvalue weighted by Crippen LogP contribution is -2.33. The predicted molar refractivity (Wildman–Crippen MR) is 89.6 cm³/mol. The molecule has 0 N–H and O–H groups in total. The van der Waals surface area contributed by atoms with Crippen molar-refractivity contribution >= 4 is 17.8 Å². The number of imide groups is 1. The zero-order valence-corrected chi connectivity index (χ0v) is 13.3. The van der Waals surface area contributed by atoms with Gasteiger partial charge in [-0.1, -0.05) is 42.5 Å². The third-order valence-electron chi connectivity index (χ3n) is 4.59. The van der Waals surface area contributed by atoms with Crippen LogP contribution in [0.25, 0.3) is 0 Å². The zero-order valence-electron chi connectivity index (χ0n) is 13.3. The maximum Gasteiger partial charge on any atom is 0.318 e. The molecule has 0 fully saturated rings. The molecule has 1 aliphatic heterocycles. The molecule has 0 radical (unpaired) electrons. The van der Waals surface area contributed by atoms with Crippen molar-refractivity contribution in [2.45, 2.75) is 18.4 Å². The van der Waals surface area contributed by atoms with Crippen LogP contribution in [0, 0.1) is 0 Å². The topological polar surface area (TPSA) is 63.7 Å². The number of hydrogen-bond donors (Lipinski definition) is 0. The Balaban J connectivity index is 1.64. The van der Waals surface area contributed by atoms with E-state index in [9.17, 15) is 14.4 Å². The highest BCUT2D eigenvalue weighted by Gasteiger charge is 2.43. The summed E-state index contributed by atoms with van der Waals surface area (Å²) in [6.45, 7) is 0. The number of benzene rings is 2. The summed E-state index contributed by atoms with van der Waals surface area (Å²) in [5.41, 5.74) is 1.63. The van der Waals surface area contributed by atoms with Crippen LogP contribution in [0.15, 0.2) is 66.7 Å². The number of carbonyl (C=O) groups is 3. The van der Waals surface area contributed by atoms with Crippen LogP contribution in [0.4, 0.5) is 0 Å². The third-order valence-corrected chi connectivity index (χ3v) is 4.59. The molecule has 0 saturated heterocycles. The number of nitrogens with zero attached hydrogens (tertiary/aromatic N) is 1. The second-order valence-corrected chi connectivity index (χ2v) is 6.05. The highest BCUT2D eigenvalue weighted by Crippen LogP contribution is 2.45. The van der Waals surface area contributed by atoms with Gasteiger partial charge in [-0.3, -0.25) is 19.3 Å². The van der Waals surface area contributed by atoms with Crippen LogP contribution in [0.3, 0.4) is 0 Å². The van der Waals surface area contributed by atoms with Crippen LogP contribution < -0.4 is 4.74 Å². The largest absolute Gasteiger partial charge is 0.426 e. The molecular weight excluding hydrogens is 318 g/mol. The number of hydrogen-bond acceptors (Lipinski definition) is 4. The quantitative estimate of drug-likeness (QED) is 0.492. The number of ether oxygens (including phenoxy) is 1. The highest BCUT2D eigenvalue weighted by molar-refractivity contribution is 6.13. The Morgan fingerprint density at radius 3 is 2.16 bits per heavy atom. The molecule has 0 spiro atoms. The van der Waals surface area contributed by atoms with Crippen molar-refractivity contribution in [1.82, 2.24) is 4.90 Å². The molecule has 2 amide bonds. The first-order valence-electron chi connectivity index (χ1n) is 8.06. The summed E-state index contributed by atoms with van der Waals surface area (Å²) in [5, 5.41) is 0. The molecular formula is C20H15NO4. The Hall–Kier alpha value is -3.21. The molecule has 0 aromatic heterocycles. The Labute approximate surface area is 144 Å². The lowest BCUT2D eigenvalue weighted by atomic mass is 10.0. The van der Waals surface area contributed by atoms with Gasteiger partial charge in [-0.2, -0.15) is 0 Å². The molecule has 2 aliphatic rings. The van der Waals surface area contributed by atoms with Crippen molar-refractivity contribution < 1.29 is 19.1 Å². The van der Waals surface area contributed by atoms with E-state index in [1.54, 1.807) is 24.3 Å². The van der Waals surface area contributed by atoms with Gasteiger partial charge in [0.1, 0.15) is 5.75 Å². The van der Waals surface area contributed by atoms with Crippen molar-refractivity contribution in [3.05, 3.63) is 77.9 Å². The van der Waals surface area contributed by atoms with E-state index >= 15 is 0 Å². The summed E-state index contributed by atoms with van der Waals surface area (Å²) in [6.07, 6.45) is 2.87. The van der Waals surface area contributed by atoms with Gasteiger partial charge in [0.2, 0.25) is 0 Å². The highest BCUT2D eigenvalue weighted by atomic mass is 16.5. The summed E-state index contributed by atoms with van der Waals surface area (Å²) in [4.78, 5) is 38.0. The van der Waals surface area contributed by atoms with E-state index in [2.05, 4.69) is 0 Å². The zero-order chi connectivity index (χ0) is 17.4. The summed E-state index contributed by atoms with van der Waals surface area (Å²) >= 11 is 0. The molecule has 2 atom stereocenters. The van der Waals surface area contributed by atoms with Crippen molar-refractivity contribution in [3.8, 4) is 5.75 Å². The average molecular weight is 333 g/mol. The molecule has 5 nitrogen and oxygen atoms in total. The molecule has 0 bridgehead atoms. The maximum absolute atomic E-state index is 12.7. The van der Waals surface area contributed by atoms with Crippen LogP contribution in [0.1, 0.15) is 29.5 Å². The number of amides is 2. The van der Waals surface area contributed by atoms with Gasteiger partial charge < -0.3 is 4.74 Å². The Morgan fingerprint density at radius 1 is 0.880 bits per heavy atom. The Morgan fingerprint density at radius 2 is 1.48 bits per heavy atom. The van der Waals surface area contributed by atoms with E-state index in [1.165, 1.54) is 17.1 Å². The van der Waals surface area contributed by atoms with Crippen LogP contribution in [-0.4, -0.2) is 22.7 Å². The van der Waals surface area contributed by atoms with Crippen molar-refractivity contribution in [2.24, 2.45) is 0 Å². The normalized spacial score (nSPS) is 21.5. The fourth-order valence-electron chi connectivity index (χ4n) is 3.47. The van der Waals surface area contributed by atoms with E-state index in [1.807, 2.05) is 30.3 Å². The number of rotatable bonds is 3. The molecule has 1 aliphatic carbocycles. The number of fused-ring (bicyclic) bond motifs is 1. The molecule has 0 unspecified atom stereocenters. The summed E-state index contributed by atoms with van der Waals surface area (Å²) in [6, 6.07) is 15.8. The molecule has 25 heavy (non-hydrogen) atoms. The number of esters is 1. The molecule has 4 rings (SSSR count). The second kappa shape index (κ2) is 6.02. The minimum Gasteiger partial charge on any atom is -0.426 e. The average Bonchev–Trinajstić information content (AvgIpc) is 3.16. The third kappa shape index (κ3) is 2.63. The van der Waals surface area contributed by atoms with E-state index < -0.39 is 12.0 Å². The van der Waals surface area contributed by atoms with Gasteiger partial charge in [0.15, 0.2) is 0 Å². The van der Waals surface area contributed by atoms with Gasteiger partial charge in [-0.15, -0.1) is 0 Å². The number of para-hydroxylation sites is 1. The minimum absolute atomic E-state index is 0.337. The monoisotopic (exact) mass is 333 g/mol. The first-order chi connectivity index (χ1) is 12.1. The first-order valence-corrected chi connectivity index (χ1v) is 8.06. The summed E-state index contributed by atoms with van der Waals surface area (Å²) in [5.74, 6) is -1.11. The molecule has 0 saturated carbocycles. The Kier molecular flexibility index (Phi) is 3.69. The van der Waals surface area contributed by atoms with Crippen molar-refractivity contribution in [1.29, 1.82) is 0 Å². The van der Waals surface area contributed by atoms with Gasteiger partial charge in [0.25, 0.3) is 11.8 Å². The Bertz CT molecular complexity index is 870. The van der Waals surface area contributed by atoms with Gasteiger partial charge in [0, 0.05) is 12.2 Å². The smallest absolute Gasteiger partial charge is 0.318 e. The predicted octanol–water partition coefficient (Wildman–Crippen LogP) is 2.75. The van der Waals surface area contributed by atoms with E-state index in [-0.39, 0.29) is 17.8 Å². The fourth-order valence-corrected chi connectivity index (χ4v) is 3.47. The lowest BCUT2D eigenvalue weighted by molar-refractivity contribution is -0.142. The molecule has 124 valence electrons. The SMILES string of the molecule is O=C(Oc1ccccc1)[C@H]1C[C@H](N2C(=O)C=CC2=O)c2ccccc21. The summed E-state index contributed by atoms with van der Waals surface area (Å²) < 4.78 is 5.48. The minimum atomic E-state index is -0.511. The number of carbonyl (C=O) groups excluding carboxylic acids is 3. The van der Waals surface area contributed by atoms with E-state index in [0.29, 0.717) is 12.2 Å². The molecule has 2 aromatic carbocycles. The van der Waals surface area contributed by atoms with Crippen LogP contribution in [0.5, 0.6) is 5.75 Å². The standard InChI is InChI=1S/C20H15NO4/c22-18-10-11-19(23)21(18)17-12-16(14-8-4-5-9-15(14)17)20(24)25-13-6-2-1-3-7-13/h1-11,16-17H,12H2/t16-,17-/m0/s1. The molecule has 2 aromatic rings. The van der Waals surface area contributed by atoms with Crippen LogP contribution in [-0.2, 0) is 14.4 Å². The fraction of sp³-hybridized carbons (Fsp3) is 0.150. The van der Waals surface area contributed by atoms with Gasteiger partial charge in [-0.05, 0) is 29.7 Å². The second-order valence-electron chi connectivity index (χ2n) is 6.05. The molecule has 1 heterocycles. The van der Waals surface area contributed by atoms with Gasteiger partial charge >= 0.3 is 5.97 Å². The van der Waals surface area contributed by atoms with Crippen molar-refractivity contribution in [3.63, 3.8) is 0 Å². The van der Waals surface area contributed by atoms with Crippen LogP contribution >= 0.6 is 0 Å². The van der Waals surface area contributed by atoms with Crippen LogP contribution in [0.2, 0.25) is 0 Å². The molecule has 5 heteroatoms. The van der Waals surface area contributed by atoms with E-state index in [0.717, 1.165) is 11.1 Å².